The van der Waals surface area contributed by atoms with Crippen molar-refractivity contribution in [1.29, 1.82) is 0 Å². The first-order valence-electron chi connectivity index (χ1n) is 5.95. The zero-order valence-corrected chi connectivity index (χ0v) is 9.70. The molecule has 88 valence electrons. The molecule has 0 amide bonds. The van der Waals surface area contributed by atoms with E-state index in [-0.39, 0.29) is 5.92 Å². The number of hydrogen-bond donors (Lipinski definition) is 2. The van der Waals surface area contributed by atoms with Crippen molar-refractivity contribution in [2.45, 2.75) is 58.0 Å². The number of carbonyl (C=O) groups is 1. The number of aliphatic hydroxyl groups is 1. The van der Waals surface area contributed by atoms with Crippen molar-refractivity contribution < 1.29 is 15.0 Å². The third-order valence-electron chi connectivity index (χ3n) is 3.84. The van der Waals surface area contributed by atoms with Gasteiger partial charge < -0.3 is 10.2 Å². The van der Waals surface area contributed by atoms with Crippen LogP contribution in [0, 0.1) is 11.8 Å². The molecular weight excluding hydrogens is 192 g/mol. The van der Waals surface area contributed by atoms with E-state index in [1.54, 1.807) is 6.92 Å². The van der Waals surface area contributed by atoms with Gasteiger partial charge in [0.2, 0.25) is 0 Å². The maximum atomic E-state index is 11.1. The van der Waals surface area contributed by atoms with Gasteiger partial charge in [0, 0.05) is 0 Å². The summed E-state index contributed by atoms with van der Waals surface area (Å²) >= 11 is 0. The lowest BCUT2D eigenvalue weighted by Gasteiger charge is -2.39. The summed E-state index contributed by atoms with van der Waals surface area (Å²) in [4.78, 5) is 11.1. The molecule has 2 atom stereocenters. The van der Waals surface area contributed by atoms with Crippen LogP contribution in [0.3, 0.4) is 0 Å². The van der Waals surface area contributed by atoms with Gasteiger partial charge in [0.15, 0.2) is 0 Å². The average Bonchev–Trinajstić information content (AvgIpc) is 2.19. The molecule has 3 nitrogen and oxygen atoms in total. The second-order valence-corrected chi connectivity index (χ2v) is 4.86. The molecule has 1 rings (SSSR count). The Labute approximate surface area is 91.5 Å². The largest absolute Gasteiger partial charge is 0.481 e. The molecule has 0 aromatic rings. The SMILES string of the molecule is CCC(C(=O)O)C(C)(O)C1CCCCC1. The van der Waals surface area contributed by atoms with Crippen LogP contribution in [-0.4, -0.2) is 21.8 Å². The van der Waals surface area contributed by atoms with Gasteiger partial charge in [0.1, 0.15) is 0 Å². The molecule has 0 aliphatic heterocycles. The Kier molecular flexibility index (Phi) is 4.14. The van der Waals surface area contributed by atoms with Crippen molar-refractivity contribution in [3.05, 3.63) is 0 Å². The predicted molar refractivity (Wildman–Crippen MR) is 58.6 cm³/mol. The van der Waals surface area contributed by atoms with Crippen LogP contribution in [0.25, 0.3) is 0 Å². The quantitative estimate of drug-likeness (QED) is 0.755. The van der Waals surface area contributed by atoms with E-state index in [9.17, 15) is 9.90 Å². The Morgan fingerprint density at radius 3 is 2.33 bits per heavy atom. The maximum absolute atomic E-state index is 11.1. The Balaban J connectivity index is 2.73. The number of hydrogen-bond acceptors (Lipinski definition) is 2. The second-order valence-electron chi connectivity index (χ2n) is 4.86. The van der Waals surface area contributed by atoms with E-state index in [1.165, 1.54) is 6.42 Å². The lowest BCUT2D eigenvalue weighted by Crippen LogP contribution is -2.46. The average molecular weight is 214 g/mol. The summed E-state index contributed by atoms with van der Waals surface area (Å²) in [6.45, 7) is 3.53. The van der Waals surface area contributed by atoms with Crippen molar-refractivity contribution in [3.63, 3.8) is 0 Å². The lowest BCUT2D eigenvalue weighted by molar-refractivity contribution is -0.156. The summed E-state index contributed by atoms with van der Waals surface area (Å²) in [7, 11) is 0. The Morgan fingerprint density at radius 2 is 1.93 bits per heavy atom. The minimum absolute atomic E-state index is 0.160. The van der Waals surface area contributed by atoms with Crippen LogP contribution in [0.2, 0.25) is 0 Å². The summed E-state index contributed by atoms with van der Waals surface area (Å²) in [5.41, 5.74) is -1.04. The lowest BCUT2D eigenvalue weighted by atomic mass is 9.71. The number of carboxylic acid groups (broad SMARTS) is 1. The molecule has 1 aliphatic carbocycles. The van der Waals surface area contributed by atoms with E-state index in [2.05, 4.69) is 0 Å². The van der Waals surface area contributed by atoms with Gasteiger partial charge in [-0.25, -0.2) is 0 Å². The van der Waals surface area contributed by atoms with Gasteiger partial charge in [-0.05, 0) is 32.1 Å². The molecule has 0 radical (unpaired) electrons. The number of aliphatic carboxylic acids is 1. The van der Waals surface area contributed by atoms with E-state index < -0.39 is 17.5 Å². The van der Waals surface area contributed by atoms with Crippen LogP contribution < -0.4 is 0 Å². The Hall–Kier alpha value is -0.570. The number of rotatable bonds is 4. The standard InChI is InChI=1S/C12H22O3/c1-3-10(11(13)14)12(2,15)9-7-5-4-6-8-9/h9-10,15H,3-8H2,1-2H3,(H,13,14). The molecule has 1 aliphatic rings. The van der Waals surface area contributed by atoms with E-state index >= 15 is 0 Å². The van der Waals surface area contributed by atoms with Gasteiger partial charge in [-0.3, -0.25) is 4.79 Å². The summed E-state index contributed by atoms with van der Waals surface area (Å²) in [5, 5.41) is 19.5. The van der Waals surface area contributed by atoms with Crippen molar-refractivity contribution in [2.24, 2.45) is 11.8 Å². The van der Waals surface area contributed by atoms with Crippen LogP contribution in [-0.2, 0) is 4.79 Å². The van der Waals surface area contributed by atoms with Crippen LogP contribution in [0.5, 0.6) is 0 Å². The van der Waals surface area contributed by atoms with Gasteiger partial charge in [-0.2, -0.15) is 0 Å². The summed E-state index contributed by atoms with van der Waals surface area (Å²) < 4.78 is 0. The molecule has 15 heavy (non-hydrogen) atoms. The van der Waals surface area contributed by atoms with Gasteiger partial charge in [0.05, 0.1) is 11.5 Å². The predicted octanol–water partition coefficient (Wildman–Crippen LogP) is 2.43. The minimum atomic E-state index is -1.04. The molecule has 2 unspecified atom stereocenters. The normalized spacial score (nSPS) is 24.5. The fraction of sp³-hybridized carbons (Fsp3) is 0.917. The first-order valence-corrected chi connectivity index (χ1v) is 5.95. The van der Waals surface area contributed by atoms with Crippen molar-refractivity contribution in [2.75, 3.05) is 0 Å². The van der Waals surface area contributed by atoms with Gasteiger partial charge >= 0.3 is 5.97 Å². The fourth-order valence-corrected chi connectivity index (χ4v) is 2.81. The molecule has 0 spiro atoms. The van der Waals surface area contributed by atoms with Crippen molar-refractivity contribution in [3.8, 4) is 0 Å². The summed E-state index contributed by atoms with van der Waals surface area (Å²) in [6, 6.07) is 0. The fourth-order valence-electron chi connectivity index (χ4n) is 2.81. The molecule has 1 saturated carbocycles. The molecule has 0 heterocycles. The maximum Gasteiger partial charge on any atom is 0.309 e. The zero-order valence-electron chi connectivity index (χ0n) is 9.70. The molecule has 1 fully saturated rings. The van der Waals surface area contributed by atoms with Crippen LogP contribution in [0.4, 0.5) is 0 Å². The molecule has 2 N–H and O–H groups in total. The van der Waals surface area contributed by atoms with Gasteiger partial charge in [-0.1, -0.05) is 26.2 Å². The highest BCUT2D eigenvalue weighted by molar-refractivity contribution is 5.71. The highest BCUT2D eigenvalue weighted by Crippen LogP contribution is 2.38. The van der Waals surface area contributed by atoms with Crippen molar-refractivity contribution >= 4 is 5.97 Å². The van der Waals surface area contributed by atoms with Crippen LogP contribution in [0.15, 0.2) is 0 Å². The highest BCUT2D eigenvalue weighted by Gasteiger charge is 2.42. The minimum Gasteiger partial charge on any atom is -0.481 e. The summed E-state index contributed by atoms with van der Waals surface area (Å²) in [6.07, 6.45) is 5.90. The Bertz CT molecular complexity index is 217. The zero-order chi connectivity index (χ0) is 11.5. The smallest absolute Gasteiger partial charge is 0.309 e. The van der Waals surface area contributed by atoms with E-state index in [1.807, 2.05) is 6.92 Å². The summed E-state index contributed by atoms with van der Waals surface area (Å²) in [5.74, 6) is -1.33. The molecule has 0 aromatic heterocycles. The van der Waals surface area contributed by atoms with Crippen molar-refractivity contribution in [1.82, 2.24) is 0 Å². The van der Waals surface area contributed by atoms with Crippen LogP contribution >= 0.6 is 0 Å². The first kappa shape index (κ1) is 12.5. The van der Waals surface area contributed by atoms with E-state index in [0.717, 1.165) is 25.7 Å². The van der Waals surface area contributed by atoms with Crippen LogP contribution in [0.1, 0.15) is 52.4 Å². The topological polar surface area (TPSA) is 57.5 Å². The third kappa shape index (κ3) is 2.71. The molecule has 0 aromatic carbocycles. The monoisotopic (exact) mass is 214 g/mol. The molecule has 3 heteroatoms. The van der Waals surface area contributed by atoms with Gasteiger partial charge in [-0.15, -0.1) is 0 Å². The number of carboxylic acids is 1. The highest BCUT2D eigenvalue weighted by atomic mass is 16.4. The van der Waals surface area contributed by atoms with E-state index in [0.29, 0.717) is 6.42 Å². The second kappa shape index (κ2) is 4.97. The Morgan fingerprint density at radius 1 is 1.40 bits per heavy atom. The molecule has 0 bridgehead atoms. The van der Waals surface area contributed by atoms with E-state index in [4.69, 9.17) is 5.11 Å². The third-order valence-corrected chi connectivity index (χ3v) is 3.84. The van der Waals surface area contributed by atoms with Gasteiger partial charge in [0.25, 0.3) is 0 Å². The first-order chi connectivity index (χ1) is 7.00. The molecular formula is C12H22O3. The molecule has 0 saturated heterocycles.